The van der Waals surface area contributed by atoms with Gasteiger partial charge in [0.2, 0.25) is 0 Å². The molecule has 0 saturated carbocycles. The topological polar surface area (TPSA) is 26.3 Å². The van der Waals surface area contributed by atoms with Crippen LogP contribution in [-0.4, -0.2) is 20.7 Å². The summed E-state index contributed by atoms with van der Waals surface area (Å²) in [7, 11) is -1.69. The average molecular weight is 252 g/mol. The van der Waals surface area contributed by atoms with E-state index in [0.29, 0.717) is 13.0 Å². The smallest absolute Gasteiger partial charge is 0.192 e. The van der Waals surface area contributed by atoms with Gasteiger partial charge in [0.25, 0.3) is 0 Å². The number of allylic oxidation sites excluding steroid dienone is 3. The molecule has 1 aliphatic carbocycles. The maximum Gasteiger partial charge on any atom is 0.192 e. The summed E-state index contributed by atoms with van der Waals surface area (Å²) in [5, 5.41) is 0.220. The Balaban J connectivity index is 2.58. The Morgan fingerprint density at radius 3 is 2.59 bits per heavy atom. The predicted molar refractivity (Wildman–Crippen MR) is 74.6 cm³/mol. The lowest BCUT2D eigenvalue weighted by atomic mass is 10.0. The minimum Gasteiger partial charge on any atom is -0.413 e. The first-order chi connectivity index (χ1) is 7.74. The summed E-state index contributed by atoms with van der Waals surface area (Å²) < 4.78 is 6.02. The normalized spacial score (nSPS) is 20.1. The van der Waals surface area contributed by atoms with Gasteiger partial charge in [-0.25, -0.2) is 0 Å². The lowest BCUT2D eigenvalue weighted by molar-refractivity contribution is -0.115. The third kappa shape index (κ3) is 3.93. The second kappa shape index (κ2) is 5.32. The highest BCUT2D eigenvalue weighted by atomic mass is 28.4. The van der Waals surface area contributed by atoms with Crippen LogP contribution in [-0.2, 0) is 9.22 Å². The average Bonchev–Trinajstić information content (AvgIpc) is 2.19. The summed E-state index contributed by atoms with van der Waals surface area (Å²) in [4.78, 5) is 11.6. The zero-order valence-electron chi connectivity index (χ0n) is 11.7. The highest BCUT2D eigenvalue weighted by molar-refractivity contribution is 6.74. The van der Waals surface area contributed by atoms with Gasteiger partial charge in [-0.15, -0.1) is 0 Å². The Kier molecular flexibility index (Phi) is 4.50. The van der Waals surface area contributed by atoms with Crippen LogP contribution in [0.25, 0.3) is 0 Å². The molecule has 0 heterocycles. The van der Waals surface area contributed by atoms with Crippen molar-refractivity contribution in [1.82, 2.24) is 0 Å². The number of rotatable bonds is 3. The van der Waals surface area contributed by atoms with Crippen LogP contribution < -0.4 is 0 Å². The van der Waals surface area contributed by atoms with Gasteiger partial charge in [0.15, 0.2) is 14.1 Å². The van der Waals surface area contributed by atoms with Gasteiger partial charge < -0.3 is 4.43 Å². The first kappa shape index (κ1) is 14.4. The van der Waals surface area contributed by atoms with E-state index in [0.717, 1.165) is 12.0 Å². The van der Waals surface area contributed by atoms with Crippen molar-refractivity contribution in [3.63, 3.8) is 0 Å². The summed E-state index contributed by atoms with van der Waals surface area (Å²) >= 11 is 0. The molecule has 0 fully saturated rings. The minimum absolute atomic E-state index is 0.220. The number of Topliss-reactive ketones (excluding diaryl/α,β-unsaturated/α-hetero) is 1. The van der Waals surface area contributed by atoms with Crippen LogP contribution in [0, 0.1) is 0 Å². The van der Waals surface area contributed by atoms with Crippen LogP contribution in [0.3, 0.4) is 0 Å². The fourth-order valence-corrected chi connectivity index (χ4v) is 2.33. The van der Waals surface area contributed by atoms with Crippen LogP contribution in [0.15, 0.2) is 23.8 Å². The molecule has 0 spiro atoms. The van der Waals surface area contributed by atoms with Gasteiger partial charge in [-0.2, -0.15) is 0 Å². The van der Waals surface area contributed by atoms with E-state index in [9.17, 15) is 4.79 Å². The summed E-state index contributed by atoms with van der Waals surface area (Å²) in [6, 6.07) is 0. The molecule has 96 valence electrons. The zero-order valence-corrected chi connectivity index (χ0v) is 12.7. The van der Waals surface area contributed by atoms with Gasteiger partial charge in [-0.1, -0.05) is 32.9 Å². The molecule has 17 heavy (non-hydrogen) atoms. The maximum absolute atomic E-state index is 11.6. The lowest BCUT2D eigenvalue weighted by Gasteiger charge is -2.35. The standard InChI is InChI=1S/C14H24O2Si/c1-14(2,3)17(4,5)16-11-10-12-8-6-7-9-13(12)15/h6,8,10H,7,9,11H2,1-5H3/b12-10+. The summed E-state index contributed by atoms with van der Waals surface area (Å²) in [6.45, 7) is 11.7. The highest BCUT2D eigenvalue weighted by Crippen LogP contribution is 2.36. The SMILES string of the molecule is CC(C)(C)[Si](C)(C)OC/C=C1\C=CCCC1=O. The highest BCUT2D eigenvalue weighted by Gasteiger charge is 2.36. The molecule has 0 amide bonds. The van der Waals surface area contributed by atoms with Crippen molar-refractivity contribution in [2.45, 2.75) is 51.7 Å². The minimum atomic E-state index is -1.69. The van der Waals surface area contributed by atoms with Gasteiger partial charge >= 0.3 is 0 Å². The monoisotopic (exact) mass is 252 g/mol. The van der Waals surface area contributed by atoms with Crippen LogP contribution >= 0.6 is 0 Å². The Morgan fingerprint density at radius 2 is 2.06 bits per heavy atom. The number of carbonyl (C=O) groups is 1. The van der Waals surface area contributed by atoms with Crippen molar-refractivity contribution in [2.75, 3.05) is 6.61 Å². The van der Waals surface area contributed by atoms with Crippen LogP contribution in [0.5, 0.6) is 0 Å². The molecular weight excluding hydrogens is 228 g/mol. The quantitative estimate of drug-likeness (QED) is 0.563. The van der Waals surface area contributed by atoms with Crippen molar-refractivity contribution in [2.24, 2.45) is 0 Å². The van der Waals surface area contributed by atoms with Gasteiger partial charge in [0.05, 0.1) is 6.61 Å². The van der Waals surface area contributed by atoms with Crippen molar-refractivity contribution in [3.8, 4) is 0 Å². The van der Waals surface area contributed by atoms with Gasteiger partial charge in [-0.3, -0.25) is 4.79 Å². The van der Waals surface area contributed by atoms with E-state index in [-0.39, 0.29) is 10.8 Å². The van der Waals surface area contributed by atoms with E-state index in [2.05, 4.69) is 39.9 Å². The molecule has 1 rings (SSSR count). The molecular formula is C14H24O2Si. The van der Waals surface area contributed by atoms with Crippen molar-refractivity contribution in [1.29, 1.82) is 0 Å². The maximum atomic E-state index is 11.6. The van der Waals surface area contributed by atoms with E-state index in [1.165, 1.54) is 0 Å². The molecule has 3 heteroatoms. The Labute approximate surface area is 106 Å². The summed E-state index contributed by atoms with van der Waals surface area (Å²) in [6.07, 6.45) is 7.42. The van der Waals surface area contributed by atoms with Crippen LogP contribution in [0.4, 0.5) is 0 Å². The van der Waals surface area contributed by atoms with E-state index < -0.39 is 8.32 Å². The van der Waals surface area contributed by atoms with Crippen molar-refractivity contribution in [3.05, 3.63) is 23.8 Å². The van der Waals surface area contributed by atoms with E-state index in [4.69, 9.17) is 4.43 Å². The van der Waals surface area contributed by atoms with Gasteiger partial charge in [0.1, 0.15) is 0 Å². The Morgan fingerprint density at radius 1 is 1.41 bits per heavy atom. The van der Waals surface area contributed by atoms with Gasteiger partial charge in [0, 0.05) is 12.0 Å². The number of ketones is 1. The third-order valence-electron chi connectivity index (χ3n) is 3.71. The fourth-order valence-electron chi connectivity index (χ4n) is 1.40. The largest absolute Gasteiger partial charge is 0.413 e. The predicted octanol–water partition coefficient (Wildman–Crippen LogP) is 3.85. The van der Waals surface area contributed by atoms with Crippen molar-refractivity contribution < 1.29 is 9.22 Å². The number of hydrogen-bond donors (Lipinski definition) is 0. The molecule has 2 nitrogen and oxygen atoms in total. The first-order valence-electron chi connectivity index (χ1n) is 6.28. The Bertz CT molecular complexity index is 346. The molecule has 0 unspecified atom stereocenters. The van der Waals surface area contributed by atoms with E-state index in [1.54, 1.807) is 0 Å². The molecule has 0 saturated heterocycles. The third-order valence-corrected chi connectivity index (χ3v) is 8.21. The number of hydrogen-bond acceptors (Lipinski definition) is 2. The zero-order chi connectivity index (χ0) is 13.1. The molecule has 0 aromatic carbocycles. The number of carbonyl (C=O) groups excluding carboxylic acids is 1. The van der Waals surface area contributed by atoms with E-state index in [1.807, 2.05) is 12.2 Å². The first-order valence-corrected chi connectivity index (χ1v) is 9.19. The molecule has 0 aliphatic heterocycles. The van der Waals surface area contributed by atoms with Crippen LogP contribution in [0.2, 0.25) is 18.1 Å². The lowest BCUT2D eigenvalue weighted by Crippen LogP contribution is -2.40. The molecule has 1 aliphatic rings. The molecule has 0 atom stereocenters. The molecule has 0 aromatic heterocycles. The second-order valence-corrected chi connectivity index (χ2v) is 10.9. The Hall–Kier alpha value is -0.673. The molecule has 0 radical (unpaired) electrons. The molecule has 0 bridgehead atoms. The summed E-state index contributed by atoms with van der Waals surface area (Å²) in [5.74, 6) is 0.242. The van der Waals surface area contributed by atoms with Gasteiger partial charge in [-0.05, 0) is 30.6 Å². The van der Waals surface area contributed by atoms with Crippen LogP contribution in [0.1, 0.15) is 33.6 Å². The van der Waals surface area contributed by atoms with Crippen molar-refractivity contribution >= 4 is 14.1 Å². The molecule has 0 N–H and O–H groups in total. The van der Waals surface area contributed by atoms with E-state index >= 15 is 0 Å². The summed E-state index contributed by atoms with van der Waals surface area (Å²) in [5.41, 5.74) is 0.815. The second-order valence-electron chi connectivity index (χ2n) is 6.10. The fraction of sp³-hybridized carbons (Fsp3) is 0.643. The molecule has 0 aromatic rings.